The summed E-state index contributed by atoms with van der Waals surface area (Å²) in [6.07, 6.45) is 1.89. The van der Waals surface area contributed by atoms with Crippen LogP contribution in [0.1, 0.15) is 42.0 Å². The second-order valence-corrected chi connectivity index (χ2v) is 13.9. The molecule has 0 heterocycles. The molecule has 46 heavy (non-hydrogen) atoms. The van der Waals surface area contributed by atoms with Crippen molar-refractivity contribution >= 4 is 50.7 Å². The smallest absolute Gasteiger partial charge is 0.264 e. The number of nitrogens with one attached hydrogen (secondary N) is 1. The Balaban J connectivity index is 1.82. The van der Waals surface area contributed by atoms with Crippen LogP contribution in [-0.4, -0.2) is 44.3 Å². The van der Waals surface area contributed by atoms with Crippen molar-refractivity contribution in [3.8, 4) is 0 Å². The third-order valence-electron chi connectivity index (χ3n) is 7.68. The van der Waals surface area contributed by atoms with E-state index in [0.717, 1.165) is 28.3 Å². The van der Waals surface area contributed by atoms with Gasteiger partial charge in [0, 0.05) is 19.5 Å². The van der Waals surface area contributed by atoms with E-state index in [-0.39, 0.29) is 23.8 Å². The highest BCUT2D eigenvalue weighted by Crippen LogP contribution is 2.29. The van der Waals surface area contributed by atoms with Crippen molar-refractivity contribution < 1.29 is 18.0 Å². The summed E-state index contributed by atoms with van der Waals surface area (Å²) in [5.74, 6) is -0.868. The van der Waals surface area contributed by atoms with E-state index >= 15 is 0 Å². The lowest BCUT2D eigenvalue weighted by molar-refractivity contribution is -0.140. The molecule has 4 aromatic carbocycles. The van der Waals surface area contributed by atoms with E-state index in [0.29, 0.717) is 33.4 Å². The Labute approximate surface area is 282 Å². The summed E-state index contributed by atoms with van der Waals surface area (Å²) in [5, 5.41) is 3.66. The van der Waals surface area contributed by atoms with E-state index in [2.05, 4.69) is 5.32 Å². The van der Waals surface area contributed by atoms with Crippen LogP contribution in [0.4, 0.5) is 5.69 Å². The van der Waals surface area contributed by atoms with Crippen LogP contribution in [0.25, 0.3) is 0 Å². The minimum Gasteiger partial charge on any atom is -0.354 e. The Kier molecular flexibility index (Phi) is 12.3. The molecule has 1 unspecified atom stereocenters. The molecular formula is C36H39Cl2N3O4S. The highest BCUT2D eigenvalue weighted by molar-refractivity contribution is 7.92. The number of amides is 2. The zero-order chi connectivity index (χ0) is 33.3. The zero-order valence-electron chi connectivity index (χ0n) is 26.2. The molecule has 0 radical (unpaired) electrons. The number of aryl methyl sites for hydroxylation is 2. The molecule has 10 heteroatoms. The van der Waals surface area contributed by atoms with Gasteiger partial charge >= 0.3 is 0 Å². The molecule has 0 aromatic heterocycles. The summed E-state index contributed by atoms with van der Waals surface area (Å²) >= 11 is 12.5. The molecular weight excluding hydrogens is 641 g/mol. The van der Waals surface area contributed by atoms with Gasteiger partial charge < -0.3 is 10.2 Å². The molecule has 0 fully saturated rings. The molecule has 1 atom stereocenters. The predicted octanol–water partition coefficient (Wildman–Crippen LogP) is 7.36. The van der Waals surface area contributed by atoms with Crippen molar-refractivity contribution in [3.05, 3.63) is 129 Å². The van der Waals surface area contributed by atoms with Crippen LogP contribution in [-0.2, 0) is 32.6 Å². The van der Waals surface area contributed by atoms with Gasteiger partial charge in [0.25, 0.3) is 10.0 Å². The van der Waals surface area contributed by atoms with Gasteiger partial charge in [0.1, 0.15) is 12.6 Å². The molecule has 4 rings (SSSR count). The Morgan fingerprint density at radius 1 is 0.826 bits per heavy atom. The van der Waals surface area contributed by atoms with E-state index in [9.17, 15) is 18.0 Å². The van der Waals surface area contributed by atoms with Crippen LogP contribution in [0.3, 0.4) is 0 Å². The van der Waals surface area contributed by atoms with Crippen molar-refractivity contribution in [1.29, 1.82) is 0 Å². The first-order chi connectivity index (χ1) is 22.0. The monoisotopic (exact) mass is 679 g/mol. The van der Waals surface area contributed by atoms with Crippen LogP contribution in [0.15, 0.2) is 102 Å². The van der Waals surface area contributed by atoms with E-state index in [1.807, 2.05) is 56.3 Å². The Morgan fingerprint density at radius 3 is 2.15 bits per heavy atom. The van der Waals surface area contributed by atoms with Crippen molar-refractivity contribution in [2.45, 2.75) is 57.5 Å². The molecule has 0 bridgehead atoms. The van der Waals surface area contributed by atoms with Gasteiger partial charge in [-0.2, -0.15) is 0 Å². The van der Waals surface area contributed by atoms with Gasteiger partial charge in [0.15, 0.2) is 0 Å². The topological polar surface area (TPSA) is 86.8 Å². The number of carbonyl (C=O) groups is 2. The fourth-order valence-corrected chi connectivity index (χ4v) is 6.93. The lowest BCUT2D eigenvalue weighted by Crippen LogP contribution is -2.53. The van der Waals surface area contributed by atoms with Crippen molar-refractivity contribution in [2.24, 2.45) is 0 Å². The number of benzene rings is 4. The molecule has 0 aliphatic heterocycles. The van der Waals surface area contributed by atoms with E-state index < -0.39 is 28.5 Å². The molecule has 1 N–H and O–H groups in total. The van der Waals surface area contributed by atoms with Crippen molar-refractivity contribution in [3.63, 3.8) is 0 Å². The van der Waals surface area contributed by atoms with Gasteiger partial charge in [0.2, 0.25) is 11.8 Å². The summed E-state index contributed by atoms with van der Waals surface area (Å²) in [6.45, 7) is 5.62. The summed E-state index contributed by atoms with van der Waals surface area (Å²) < 4.78 is 29.6. The highest BCUT2D eigenvalue weighted by atomic mass is 35.5. The average Bonchev–Trinajstić information content (AvgIpc) is 3.05. The van der Waals surface area contributed by atoms with Gasteiger partial charge in [-0.25, -0.2) is 8.42 Å². The van der Waals surface area contributed by atoms with Crippen LogP contribution >= 0.6 is 23.2 Å². The van der Waals surface area contributed by atoms with Crippen LogP contribution in [0.2, 0.25) is 10.0 Å². The highest BCUT2D eigenvalue weighted by Gasteiger charge is 2.35. The van der Waals surface area contributed by atoms with Gasteiger partial charge in [0.05, 0.1) is 20.6 Å². The van der Waals surface area contributed by atoms with E-state index in [1.165, 1.54) is 17.0 Å². The van der Waals surface area contributed by atoms with Gasteiger partial charge in [-0.1, -0.05) is 103 Å². The number of hydrogen-bond donors (Lipinski definition) is 1. The zero-order valence-corrected chi connectivity index (χ0v) is 28.6. The largest absolute Gasteiger partial charge is 0.354 e. The Morgan fingerprint density at radius 2 is 1.50 bits per heavy atom. The summed E-state index contributed by atoms with van der Waals surface area (Å²) in [5.41, 5.74) is 3.41. The maximum atomic E-state index is 14.6. The number of sulfonamides is 1. The number of anilines is 1. The number of nitrogens with zero attached hydrogens (tertiary/aromatic N) is 2. The van der Waals surface area contributed by atoms with Crippen LogP contribution < -0.4 is 9.62 Å². The van der Waals surface area contributed by atoms with Gasteiger partial charge in [-0.05, 0) is 72.9 Å². The molecule has 7 nitrogen and oxygen atoms in total. The number of carbonyl (C=O) groups excluding carboxylic acids is 2. The minimum absolute atomic E-state index is 0.000441. The van der Waals surface area contributed by atoms with E-state index in [4.69, 9.17) is 23.2 Å². The molecule has 242 valence electrons. The minimum atomic E-state index is -4.18. The molecule has 2 amide bonds. The summed E-state index contributed by atoms with van der Waals surface area (Å²) in [6, 6.07) is 27.0. The molecule has 4 aromatic rings. The predicted molar refractivity (Wildman–Crippen MR) is 186 cm³/mol. The maximum absolute atomic E-state index is 14.6. The molecule has 0 saturated heterocycles. The standard InChI is InChI=1S/C36H39Cl2N3O4S/c1-4-5-20-39-36(43)34(23-28-12-8-6-9-13-28)40(24-29-18-19-31(37)32(38)22-29)35(42)25-41(33-21-26(2)16-17-27(33)3)46(44,45)30-14-10-7-11-15-30/h6-19,21-22,34H,4-5,20,23-25H2,1-3H3,(H,39,43). The average molecular weight is 681 g/mol. The first-order valence-corrected chi connectivity index (χ1v) is 17.4. The summed E-state index contributed by atoms with van der Waals surface area (Å²) in [7, 11) is -4.18. The molecule has 0 saturated carbocycles. The van der Waals surface area contributed by atoms with Crippen molar-refractivity contribution in [2.75, 3.05) is 17.4 Å². The molecule has 0 aliphatic rings. The van der Waals surface area contributed by atoms with Crippen LogP contribution in [0.5, 0.6) is 0 Å². The Hall–Kier alpha value is -3.85. The lowest BCUT2D eigenvalue weighted by atomic mass is 10.0. The third-order valence-corrected chi connectivity index (χ3v) is 10.2. The molecule has 0 aliphatic carbocycles. The quantitative estimate of drug-likeness (QED) is 0.141. The van der Waals surface area contributed by atoms with Gasteiger partial charge in [-0.15, -0.1) is 0 Å². The maximum Gasteiger partial charge on any atom is 0.264 e. The lowest BCUT2D eigenvalue weighted by Gasteiger charge is -2.34. The second kappa shape index (κ2) is 16.1. The Bertz CT molecular complexity index is 1750. The number of halogens is 2. The first-order valence-electron chi connectivity index (χ1n) is 15.2. The first kappa shape index (κ1) is 35.0. The third kappa shape index (κ3) is 8.90. The van der Waals surface area contributed by atoms with Gasteiger partial charge in [-0.3, -0.25) is 13.9 Å². The fourth-order valence-electron chi connectivity index (χ4n) is 5.12. The van der Waals surface area contributed by atoms with Crippen molar-refractivity contribution in [1.82, 2.24) is 10.2 Å². The second-order valence-electron chi connectivity index (χ2n) is 11.2. The van der Waals surface area contributed by atoms with Crippen LogP contribution in [0, 0.1) is 13.8 Å². The summed E-state index contributed by atoms with van der Waals surface area (Å²) in [4.78, 5) is 30.0. The fraction of sp³-hybridized carbons (Fsp3) is 0.278. The number of rotatable bonds is 14. The van der Waals surface area contributed by atoms with E-state index in [1.54, 1.807) is 49.4 Å². The SMILES string of the molecule is CCCCNC(=O)C(Cc1ccccc1)N(Cc1ccc(Cl)c(Cl)c1)C(=O)CN(c1cc(C)ccc1C)S(=O)(=O)c1ccccc1. The number of unbranched alkanes of at least 4 members (excludes halogenated alkanes) is 1. The molecule has 0 spiro atoms. The number of hydrogen-bond acceptors (Lipinski definition) is 4. The normalized spacial score (nSPS) is 11.9.